The first-order valence-corrected chi connectivity index (χ1v) is 10.8. The zero-order valence-corrected chi connectivity index (χ0v) is 17.4. The maximum Gasteiger partial charge on any atom is 0.0893 e. The first kappa shape index (κ1) is 18.5. The Kier molecular flexibility index (Phi) is 4.47. The molecule has 150 valence electrons. The topological polar surface area (TPSA) is 25.8 Å². The summed E-state index contributed by atoms with van der Waals surface area (Å²) in [6, 6.07) is 40.1. The van der Waals surface area contributed by atoms with Crippen LogP contribution >= 0.6 is 0 Å². The van der Waals surface area contributed by atoms with Crippen molar-refractivity contribution in [3.63, 3.8) is 0 Å². The van der Waals surface area contributed by atoms with Crippen LogP contribution in [0.4, 0.5) is 0 Å². The first-order chi connectivity index (χ1) is 15.9. The summed E-state index contributed by atoms with van der Waals surface area (Å²) in [5.41, 5.74) is 6.36. The molecule has 0 radical (unpaired) electrons. The maximum absolute atomic E-state index is 5.05. The normalized spacial score (nSPS) is 11.1. The molecule has 2 aromatic heterocycles. The van der Waals surface area contributed by atoms with Crippen LogP contribution in [0.5, 0.6) is 0 Å². The summed E-state index contributed by atoms with van der Waals surface area (Å²) in [5, 5.41) is 4.88. The highest BCUT2D eigenvalue weighted by Crippen LogP contribution is 2.43. The van der Waals surface area contributed by atoms with E-state index in [-0.39, 0.29) is 0 Å². The Morgan fingerprint density at radius 1 is 0.375 bits per heavy atom. The maximum atomic E-state index is 5.05. The fourth-order valence-corrected chi connectivity index (χ4v) is 4.55. The lowest BCUT2D eigenvalue weighted by atomic mass is 9.87. The lowest BCUT2D eigenvalue weighted by Gasteiger charge is -2.17. The van der Waals surface area contributed by atoms with Crippen LogP contribution in [0, 0.1) is 0 Å². The van der Waals surface area contributed by atoms with E-state index in [1.54, 1.807) is 0 Å². The van der Waals surface area contributed by atoms with Crippen LogP contribution < -0.4 is 0 Å². The molecule has 0 aliphatic rings. The number of rotatable bonds is 3. The Morgan fingerprint density at radius 3 is 1.53 bits per heavy atom. The Hall–Kier alpha value is -4.30. The van der Waals surface area contributed by atoms with Gasteiger partial charge >= 0.3 is 0 Å². The zero-order valence-electron chi connectivity index (χ0n) is 17.4. The van der Waals surface area contributed by atoms with E-state index in [1.165, 1.54) is 32.7 Å². The molecule has 0 amide bonds. The van der Waals surface area contributed by atoms with Crippen LogP contribution in [-0.4, -0.2) is 9.97 Å². The molecule has 0 aliphatic heterocycles. The molecule has 2 nitrogen and oxygen atoms in total. The van der Waals surface area contributed by atoms with Gasteiger partial charge < -0.3 is 0 Å². The smallest absolute Gasteiger partial charge is 0.0893 e. The fourth-order valence-electron chi connectivity index (χ4n) is 4.55. The summed E-state index contributed by atoms with van der Waals surface area (Å²) in [6.07, 6.45) is 1.81. The van der Waals surface area contributed by atoms with Gasteiger partial charge in [-0.1, -0.05) is 91.0 Å². The Bertz CT molecular complexity index is 1500. The summed E-state index contributed by atoms with van der Waals surface area (Å²) in [7, 11) is 0. The van der Waals surface area contributed by atoms with Gasteiger partial charge in [0.05, 0.1) is 17.1 Å². The van der Waals surface area contributed by atoms with Gasteiger partial charge in [0.25, 0.3) is 0 Å². The van der Waals surface area contributed by atoms with Crippen molar-refractivity contribution in [3.05, 3.63) is 121 Å². The average molecular weight is 409 g/mol. The Labute approximate surface area is 186 Å². The van der Waals surface area contributed by atoms with Gasteiger partial charge in [0, 0.05) is 11.8 Å². The van der Waals surface area contributed by atoms with E-state index in [4.69, 9.17) is 4.98 Å². The summed E-state index contributed by atoms with van der Waals surface area (Å²) in [6.45, 7) is 0. The van der Waals surface area contributed by atoms with Crippen LogP contribution in [0.2, 0.25) is 0 Å². The minimum absolute atomic E-state index is 0.878. The van der Waals surface area contributed by atoms with Crippen molar-refractivity contribution >= 4 is 21.5 Å². The largest absolute Gasteiger partial charge is 0.255 e. The standard InChI is InChI=1S/C30H20N2/c1-2-11-21(12-3-1)29-22-13-4-6-15-24(22)30(25-16-7-5-14-23(25)29)28-19-10-18-27(32-28)26-17-8-9-20-31-26/h1-20H. The first-order valence-electron chi connectivity index (χ1n) is 10.8. The van der Waals surface area contributed by atoms with Crippen molar-refractivity contribution in [3.8, 4) is 33.8 Å². The van der Waals surface area contributed by atoms with Crippen molar-refractivity contribution in [2.75, 3.05) is 0 Å². The van der Waals surface area contributed by atoms with E-state index in [1.807, 2.05) is 30.5 Å². The second kappa shape index (κ2) is 7.75. The number of benzene rings is 4. The number of fused-ring (bicyclic) bond motifs is 2. The van der Waals surface area contributed by atoms with Crippen molar-refractivity contribution < 1.29 is 0 Å². The molecule has 4 aromatic carbocycles. The monoisotopic (exact) mass is 408 g/mol. The van der Waals surface area contributed by atoms with Crippen LogP contribution in [0.15, 0.2) is 121 Å². The van der Waals surface area contributed by atoms with Gasteiger partial charge in [0.1, 0.15) is 0 Å². The molecule has 2 heterocycles. The molecular formula is C30H20N2. The molecule has 6 aromatic rings. The van der Waals surface area contributed by atoms with E-state index in [0.717, 1.165) is 22.6 Å². The Balaban J connectivity index is 1.71. The van der Waals surface area contributed by atoms with E-state index < -0.39 is 0 Å². The van der Waals surface area contributed by atoms with Crippen LogP contribution in [0.1, 0.15) is 0 Å². The summed E-state index contributed by atoms with van der Waals surface area (Å²) < 4.78 is 0. The highest BCUT2D eigenvalue weighted by Gasteiger charge is 2.17. The molecule has 32 heavy (non-hydrogen) atoms. The SMILES string of the molecule is c1ccc(-c2c3ccccc3c(-c3cccc(-c4ccccn4)n3)c3ccccc23)cc1. The van der Waals surface area contributed by atoms with Gasteiger partial charge in [-0.15, -0.1) is 0 Å². The number of aromatic nitrogens is 2. The van der Waals surface area contributed by atoms with Gasteiger partial charge in [-0.05, 0) is 56.9 Å². The highest BCUT2D eigenvalue weighted by atomic mass is 14.8. The lowest BCUT2D eigenvalue weighted by molar-refractivity contribution is 1.25. The predicted molar refractivity (Wildman–Crippen MR) is 133 cm³/mol. The van der Waals surface area contributed by atoms with Crippen LogP contribution in [-0.2, 0) is 0 Å². The molecule has 0 bridgehead atoms. The summed E-state index contributed by atoms with van der Waals surface area (Å²) in [4.78, 5) is 9.55. The Morgan fingerprint density at radius 2 is 0.906 bits per heavy atom. The molecule has 0 atom stereocenters. The van der Waals surface area contributed by atoms with Crippen LogP contribution in [0.25, 0.3) is 55.3 Å². The van der Waals surface area contributed by atoms with E-state index in [9.17, 15) is 0 Å². The predicted octanol–water partition coefficient (Wildman–Crippen LogP) is 7.78. The number of pyridine rings is 2. The lowest BCUT2D eigenvalue weighted by Crippen LogP contribution is -1.94. The molecule has 0 aliphatic carbocycles. The molecule has 0 spiro atoms. The molecule has 0 fully saturated rings. The molecule has 2 heteroatoms. The van der Waals surface area contributed by atoms with Gasteiger partial charge in [-0.2, -0.15) is 0 Å². The fraction of sp³-hybridized carbons (Fsp3) is 0. The second-order valence-corrected chi connectivity index (χ2v) is 7.83. The van der Waals surface area contributed by atoms with E-state index in [0.29, 0.717) is 0 Å². The van der Waals surface area contributed by atoms with Crippen LogP contribution in [0.3, 0.4) is 0 Å². The molecular weight excluding hydrogens is 388 g/mol. The van der Waals surface area contributed by atoms with Crippen molar-refractivity contribution in [1.29, 1.82) is 0 Å². The quantitative estimate of drug-likeness (QED) is 0.279. The summed E-state index contributed by atoms with van der Waals surface area (Å²) >= 11 is 0. The van der Waals surface area contributed by atoms with E-state index >= 15 is 0 Å². The van der Waals surface area contributed by atoms with Gasteiger partial charge in [0.2, 0.25) is 0 Å². The number of hydrogen-bond acceptors (Lipinski definition) is 2. The summed E-state index contributed by atoms with van der Waals surface area (Å²) in [5.74, 6) is 0. The van der Waals surface area contributed by atoms with Crippen molar-refractivity contribution in [2.45, 2.75) is 0 Å². The third-order valence-electron chi connectivity index (χ3n) is 5.93. The number of nitrogens with zero attached hydrogens (tertiary/aromatic N) is 2. The van der Waals surface area contributed by atoms with Crippen molar-refractivity contribution in [1.82, 2.24) is 9.97 Å². The minimum atomic E-state index is 0.878. The molecule has 0 saturated carbocycles. The highest BCUT2D eigenvalue weighted by molar-refractivity contribution is 6.21. The molecule has 0 unspecified atom stereocenters. The van der Waals surface area contributed by atoms with Gasteiger partial charge in [0.15, 0.2) is 0 Å². The third kappa shape index (κ3) is 3.05. The molecule has 0 saturated heterocycles. The molecule has 6 rings (SSSR count). The second-order valence-electron chi connectivity index (χ2n) is 7.83. The number of hydrogen-bond donors (Lipinski definition) is 0. The van der Waals surface area contributed by atoms with E-state index in [2.05, 4.69) is 96.0 Å². The van der Waals surface area contributed by atoms with Gasteiger partial charge in [-0.3, -0.25) is 4.98 Å². The third-order valence-corrected chi connectivity index (χ3v) is 5.93. The average Bonchev–Trinajstić information content (AvgIpc) is 2.88. The zero-order chi connectivity index (χ0) is 21.3. The molecule has 0 N–H and O–H groups in total. The van der Waals surface area contributed by atoms with Crippen molar-refractivity contribution in [2.24, 2.45) is 0 Å². The van der Waals surface area contributed by atoms with Gasteiger partial charge in [-0.25, -0.2) is 4.98 Å². The minimum Gasteiger partial charge on any atom is -0.255 e.